The molecule has 3 aromatic carbocycles. The van der Waals surface area contributed by atoms with Crippen LogP contribution in [0.3, 0.4) is 0 Å². The van der Waals surface area contributed by atoms with Crippen LogP contribution in [0.25, 0.3) is 49.0 Å². The Morgan fingerprint density at radius 3 is 2.32 bits per heavy atom. The fourth-order valence-corrected chi connectivity index (χ4v) is 6.61. The number of rotatable bonds is 1. The third-order valence-electron chi connectivity index (χ3n) is 7.28. The lowest BCUT2D eigenvalue weighted by molar-refractivity contribution is -0.643. The highest BCUT2D eigenvalue weighted by molar-refractivity contribution is 6.89. The van der Waals surface area contributed by atoms with Crippen LogP contribution in [0.2, 0.25) is 19.6 Å². The second kappa shape index (κ2) is 5.86. The van der Waals surface area contributed by atoms with Gasteiger partial charge < -0.3 is 4.40 Å². The van der Waals surface area contributed by atoms with Crippen molar-refractivity contribution in [3.63, 3.8) is 0 Å². The topological polar surface area (TPSA) is 8.29 Å². The van der Waals surface area contributed by atoms with Crippen LogP contribution in [0, 0.1) is 20.8 Å². The van der Waals surface area contributed by atoms with Gasteiger partial charge >= 0.3 is 0 Å². The van der Waals surface area contributed by atoms with E-state index in [2.05, 4.69) is 105 Å². The molecular weight excluding hydrogens is 392 g/mol. The first-order chi connectivity index (χ1) is 14.7. The van der Waals surface area contributed by atoms with E-state index < -0.39 is 8.07 Å². The van der Waals surface area contributed by atoms with E-state index in [1.54, 1.807) is 0 Å². The highest BCUT2D eigenvalue weighted by Crippen LogP contribution is 2.41. The predicted molar refractivity (Wildman–Crippen MR) is 137 cm³/mol. The van der Waals surface area contributed by atoms with Gasteiger partial charge in [-0.15, -0.1) is 0 Å². The first-order valence-electron chi connectivity index (χ1n) is 11.2. The molecule has 0 amide bonds. The standard InChI is InChI=1S/C28H29N2Si/c1-16-8-9-23-21(12-16)22-13-17(2)18(3)25-27(22)30(23)24-15-20(31(5,6)7)14-19-10-11-29(4)28(25)26(19)24/h8-15H,1-7H3/q+1. The van der Waals surface area contributed by atoms with Crippen molar-refractivity contribution in [2.45, 2.75) is 40.4 Å². The number of benzene rings is 3. The van der Waals surface area contributed by atoms with Crippen molar-refractivity contribution >= 4 is 62.3 Å². The van der Waals surface area contributed by atoms with E-state index in [4.69, 9.17) is 0 Å². The zero-order chi connectivity index (χ0) is 21.8. The Morgan fingerprint density at radius 1 is 0.806 bits per heavy atom. The molecule has 154 valence electrons. The normalized spacial score (nSPS) is 13.0. The minimum absolute atomic E-state index is 1.31. The van der Waals surface area contributed by atoms with Gasteiger partial charge in [-0.25, -0.2) is 4.57 Å². The van der Waals surface area contributed by atoms with Crippen molar-refractivity contribution in [1.82, 2.24) is 4.40 Å². The average Bonchev–Trinajstić information content (AvgIpc) is 3.02. The van der Waals surface area contributed by atoms with E-state index in [1.165, 1.54) is 70.9 Å². The van der Waals surface area contributed by atoms with Gasteiger partial charge in [-0.3, -0.25) is 0 Å². The fourth-order valence-electron chi connectivity index (χ4n) is 5.45. The second-order valence-electron chi connectivity index (χ2n) is 10.4. The lowest BCUT2D eigenvalue weighted by Crippen LogP contribution is -2.38. The highest BCUT2D eigenvalue weighted by Gasteiger charge is 2.26. The summed E-state index contributed by atoms with van der Waals surface area (Å²) in [6, 6.07) is 16.6. The third-order valence-corrected chi connectivity index (χ3v) is 9.31. The smallest absolute Gasteiger partial charge is 0.224 e. The summed E-state index contributed by atoms with van der Waals surface area (Å²) in [5.41, 5.74) is 9.45. The summed E-state index contributed by atoms with van der Waals surface area (Å²) in [6.07, 6.45) is 2.24. The molecule has 0 saturated heterocycles. The monoisotopic (exact) mass is 421 g/mol. The Morgan fingerprint density at radius 2 is 1.58 bits per heavy atom. The lowest BCUT2D eigenvalue weighted by Gasteiger charge is -2.20. The second-order valence-corrected chi connectivity index (χ2v) is 15.5. The van der Waals surface area contributed by atoms with Crippen LogP contribution in [0.1, 0.15) is 16.7 Å². The molecule has 3 heterocycles. The highest BCUT2D eigenvalue weighted by atomic mass is 28.3. The number of aromatic nitrogens is 2. The molecule has 0 atom stereocenters. The molecule has 0 fully saturated rings. The molecule has 3 aromatic heterocycles. The molecule has 0 radical (unpaired) electrons. The molecular formula is C28H29N2Si+. The molecule has 0 unspecified atom stereocenters. The van der Waals surface area contributed by atoms with Gasteiger partial charge in [0.2, 0.25) is 5.52 Å². The molecule has 0 aliphatic carbocycles. The van der Waals surface area contributed by atoms with Crippen LogP contribution in [0.15, 0.2) is 48.7 Å². The van der Waals surface area contributed by atoms with Gasteiger partial charge in [-0.1, -0.05) is 42.5 Å². The number of nitrogens with zero attached hydrogens (tertiary/aromatic N) is 2. The van der Waals surface area contributed by atoms with E-state index in [9.17, 15) is 0 Å². The first-order valence-corrected chi connectivity index (χ1v) is 14.7. The predicted octanol–water partition coefficient (Wildman–Crippen LogP) is 6.28. The molecule has 0 saturated carbocycles. The van der Waals surface area contributed by atoms with Crippen LogP contribution in [0.4, 0.5) is 0 Å². The van der Waals surface area contributed by atoms with Crippen molar-refractivity contribution in [2.75, 3.05) is 0 Å². The quantitative estimate of drug-likeness (QED) is 0.128. The number of hydrogen-bond acceptors (Lipinski definition) is 0. The van der Waals surface area contributed by atoms with Crippen molar-refractivity contribution in [1.29, 1.82) is 0 Å². The van der Waals surface area contributed by atoms with Gasteiger partial charge in [0.15, 0.2) is 6.20 Å². The van der Waals surface area contributed by atoms with Crippen molar-refractivity contribution < 1.29 is 4.57 Å². The third kappa shape index (κ3) is 2.35. The molecule has 6 rings (SSSR count). The van der Waals surface area contributed by atoms with Gasteiger partial charge in [0.1, 0.15) is 7.05 Å². The lowest BCUT2D eigenvalue weighted by atomic mass is 9.96. The maximum Gasteiger partial charge on any atom is 0.224 e. The van der Waals surface area contributed by atoms with Crippen molar-refractivity contribution in [3.05, 3.63) is 65.4 Å². The molecule has 6 aromatic rings. The molecule has 31 heavy (non-hydrogen) atoms. The van der Waals surface area contributed by atoms with Gasteiger partial charge in [-0.05, 0) is 61.5 Å². The van der Waals surface area contributed by atoms with Crippen molar-refractivity contribution in [2.24, 2.45) is 7.05 Å². The Balaban J connectivity index is 2.08. The number of pyridine rings is 2. The summed E-state index contributed by atoms with van der Waals surface area (Å²) < 4.78 is 4.89. The maximum atomic E-state index is 2.56. The van der Waals surface area contributed by atoms with Crippen LogP contribution < -0.4 is 9.75 Å². The molecule has 0 spiro atoms. The average molecular weight is 422 g/mol. The van der Waals surface area contributed by atoms with Crippen LogP contribution in [-0.4, -0.2) is 12.5 Å². The number of hydrogen-bond donors (Lipinski definition) is 0. The summed E-state index contributed by atoms with van der Waals surface area (Å²) in [4.78, 5) is 0. The molecule has 3 heteroatoms. The van der Waals surface area contributed by atoms with E-state index >= 15 is 0 Å². The number of aryl methyl sites for hydroxylation is 4. The van der Waals surface area contributed by atoms with Crippen LogP contribution in [-0.2, 0) is 7.05 Å². The van der Waals surface area contributed by atoms with Crippen LogP contribution in [0.5, 0.6) is 0 Å². The molecule has 0 N–H and O–H groups in total. The zero-order valence-electron chi connectivity index (χ0n) is 19.5. The maximum absolute atomic E-state index is 2.56. The summed E-state index contributed by atoms with van der Waals surface area (Å²) >= 11 is 0. The molecule has 0 aliphatic rings. The zero-order valence-corrected chi connectivity index (χ0v) is 20.5. The van der Waals surface area contributed by atoms with E-state index in [0.29, 0.717) is 0 Å². The Hall–Kier alpha value is -2.91. The van der Waals surface area contributed by atoms with E-state index in [1.807, 2.05) is 0 Å². The molecule has 0 bridgehead atoms. The van der Waals surface area contributed by atoms with Crippen molar-refractivity contribution in [3.8, 4) is 0 Å². The summed E-state index contributed by atoms with van der Waals surface area (Å²) in [6.45, 7) is 14.1. The van der Waals surface area contributed by atoms with E-state index in [0.717, 1.165) is 0 Å². The SMILES string of the molecule is Cc1ccc2c(c1)c1cc(C)c(C)c3c1n2c1cc([Si](C)(C)C)cc2cc[n+](C)c3c21. The van der Waals surface area contributed by atoms with Crippen LogP contribution >= 0.6 is 0 Å². The van der Waals surface area contributed by atoms with Gasteiger partial charge in [0.05, 0.1) is 35.4 Å². The Kier molecular flexibility index (Phi) is 3.56. The molecule has 0 aliphatic heterocycles. The number of fused-ring (bicyclic) bond motifs is 5. The minimum atomic E-state index is -1.48. The summed E-state index contributed by atoms with van der Waals surface area (Å²) in [7, 11) is 0.720. The minimum Gasteiger partial charge on any atom is -0.307 e. The fraction of sp³-hybridized carbons (Fsp3) is 0.250. The first kappa shape index (κ1) is 18.8. The largest absolute Gasteiger partial charge is 0.307 e. The van der Waals surface area contributed by atoms with Gasteiger partial charge in [0, 0.05) is 16.8 Å². The molecule has 2 nitrogen and oxygen atoms in total. The van der Waals surface area contributed by atoms with Gasteiger partial charge in [-0.2, -0.15) is 0 Å². The summed E-state index contributed by atoms with van der Waals surface area (Å²) in [5.74, 6) is 0. The van der Waals surface area contributed by atoms with Gasteiger partial charge in [0.25, 0.3) is 0 Å². The Labute approximate surface area is 184 Å². The Bertz CT molecular complexity index is 1700. The summed E-state index contributed by atoms with van der Waals surface area (Å²) in [5, 5.41) is 8.39. The van der Waals surface area contributed by atoms with E-state index in [-0.39, 0.29) is 0 Å².